The highest BCUT2D eigenvalue weighted by Gasteiger charge is 2.27. The van der Waals surface area contributed by atoms with Gasteiger partial charge in [-0.1, -0.05) is 18.7 Å². The van der Waals surface area contributed by atoms with Gasteiger partial charge in [0.15, 0.2) is 5.17 Å². The first-order chi connectivity index (χ1) is 11.1. The van der Waals surface area contributed by atoms with Gasteiger partial charge in [0.05, 0.1) is 18.1 Å². The zero-order valence-corrected chi connectivity index (χ0v) is 13.8. The third-order valence-corrected chi connectivity index (χ3v) is 5.25. The van der Waals surface area contributed by atoms with Crippen LogP contribution >= 0.6 is 11.8 Å². The van der Waals surface area contributed by atoms with Crippen LogP contribution in [0.2, 0.25) is 0 Å². The van der Waals surface area contributed by atoms with Crippen molar-refractivity contribution in [2.75, 3.05) is 37.6 Å². The van der Waals surface area contributed by atoms with Crippen LogP contribution in [-0.4, -0.2) is 58.1 Å². The monoisotopic (exact) mass is 336 g/mol. The Labute approximate surface area is 139 Å². The van der Waals surface area contributed by atoms with E-state index in [9.17, 15) is 15.2 Å². The Hall–Kier alpha value is -1.80. The molecule has 3 rings (SSSR count). The van der Waals surface area contributed by atoms with Crippen molar-refractivity contribution in [1.29, 1.82) is 0 Å². The summed E-state index contributed by atoms with van der Waals surface area (Å²) in [5, 5.41) is 22.2. The van der Waals surface area contributed by atoms with Crippen LogP contribution in [0.25, 0.3) is 0 Å². The van der Waals surface area contributed by atoms with E-state index < -0.39 is 0 Å². The van der Waals surface area contributed by atoms with E-state index in [1.807, 2.05) is 4.90 Å². The summed E-state index contributed by atoms with van der Waals surface area (Å²) < 4.78 is 0. The van der Waals surface area contributed by atoms with E-state index >= 15 is 0 Å². The number of rotatable bonds is 3. The number of piperazine rings is 1. The predicted molar refractivity (Wildman–Crippen MR) is 92.2 cm³/mol. The normalized spacial score (nSPS) is 21.5. The van der Waals surface area contributed by atoms with Gasteiger partial charge in [-0.25, -0.2) is 0 Å². The molecule has 1 fully saturated rings. The van der Waals surface area contributed by atoms with Gasteiger partial charge in [-0.05, 0) is 17.7 Å². The smallest absolute Gasteiger partial charge is 0.292 e. The number of amidine groups is 1. The molecule has 7 nitrogen and oxygen atoms in total. The molecule has 2 aliphatic rings. The second-order valence-corrected chi connectivity index (χ2v) is 7.17. The van der Waals surface area contributed by atoms with Crippen molar-refractivity contribution in [2.24, 2.45) is 4.99 Å². The Morgan fingerprint density at radius 2 is 2.04 bits per heavy atom. The van der Waals surface area contributed by atoms with Crippen molar-refractivity contribution in [1.82, 2.24) is 4.90 Å². The topological polar surface area (TPSA) is 82.2 Å². The number of anilines is 1. The lowest BCUT2D eigenvalue weighted by Gasteiger charge is -2.36. The zero-order chi connectivity index (χ0) is 16.4. The van der Waals surface area contributed by atoms with Crippen molar-refractivity contribution in [2.45, 2.75) is 18.8 Å². The summed E-state index contributed by atoms with van der Waals surface area (Å²) >= 11 is 1.80. The largest absolute Gasteiger partial charge is 0.392 e. The molecule has 0 aromatic heterocycles. The van der Waals surface area contributed by atoms with Crippen LogP contribution in [0.15, 0.2) is 23.2 Å². The second kappa shape index (κ2) is 6.76. The van der Waals surface area contributed by atoms with Gasteiger partial charge in [0.1, 0.15) is 5.69 Å². The number of aliphatic hydroxyl groups is 1. The molecule has 23 heavy (non-hydrogen) atoms. The van der Waals surface area contributed by atoms with Crippen molar-refractivity contribution in [3.05, 3.63) is 33.9 Å². The molecule has 1 aromatic carbocycles. The maximum absolute atomic E-state index is 11.3. The van der Waals surface area contributed by atoms with Gasteiger partial charge in [0, 0.05) is 37.5 Å². The summed E-state index contributed by atoms with van der Waals surface area (Å²) in [7, 11) is 0. The van der Waals surface area contributed by atoms with Crippen LogP contribution in [0.5, 0.6) is 0 Å². The van der Waals surface area contributed by atoms with Gasteiger partial charge >= 0.3 is 0 Å². The Kier molecular flexibility index (Phi) is 4.72. The van der Waals surface area contributed by atoms with Crippen LogP contribution in [0.3, 0.4) is 0 Å². The first-order valence-electron chi connectivity index (χ1n) is 7.67. The summed E-state index contributed by atoms with van der Waals surface area (Å²) in [5.74, 6) is 0. The third kappa shape index (κ3) is 3.42. The molecule has 1 unspecified atom stereocenters. The molecule has 2 aliphatic heterocycles. The highest BCUT2D eigenvalue weighted by atomic mass is 32.2. The lowest BCUT2D eigenvalue weighted by atomic mass is 10.1. The molecule has 0 aliphatic carbocycles. The molecular weight excluding hydrogens is 316 g/mol. The number of nitrogens with zero attached hydrogens (tertiary/aromatic N) is 4. The van der Waals surface area contributed by atoms with Crippen molar-refractivity contribution >= 4 is 28.3 Å². The van der Waals surface area contributed by atoms with E-state index in [1.54, 1.807) is 23.9 Å². The van der Waals surface area contributed by atoms with E-state index in [-0.39, 0.29) is 17.2 Å². The summed E-state index contributed by atoms with van der Waals surface area (Å²) in [6, 6.07) is 4.80. The van der Waals surface area contributed by atoms with Crippen LogP contribution in [0.1, 0.15) is 12.5 Å². The molecule has 124 valence electrons. The minimum atomic E-state index is -0.360. The number of hydrogen-bond donors (Lipinski definition) is 1. The fourth-order valence-corrected chi connectivity index (χ4v) is 3.84. The Morgan fingerprint density at radius 3 is 2.61 bits per heavy atom. The number of hydrogen-bond acceptors (Lipinski definition) is 7. The molecule has 1 saturated heterocycles. The number of aliphatic hydroxyl groups excluding tert-OH is 1. The van der Waals surface area contributed by atoms with Gasteiger partial charge < -0.3 is 14.9 Å². The van der Waals surface area contributed by atoms with E-state index in [0.29, 0.717) is 29.6 Å². The molecule has 0 bridgehead atoms. The number of nitro groups is 1. The van der Waals surface area contributed by atoms with E-state index in [4.69, 9.17) is 0 Å². The molecule has 1 atom stereocenters. The minimum Gasteiger partial charge on any atom is -0.392 e. The quantitative estimate of drug-likeness (QED) is 0.668. The molecule has 0 radical (unpaired) electrons. The first-order valence-corrected chi connectivity index (χ1v) is 8.55. The van der Waals surface area contributed by atoms with Crippen LogP contribution in [-0.2, 0) is 6.61 Å². The van der Waals surface area contributed by atoms with Gasteiger partial charge in [-0.3, -0.25) is 15.1 Å². The van der Waals surface area contributed by atoms with Gasteiger partial charge in [0.25, 0.3) is 5.69 Å². The predicted octanol–water partition coefficient (Wildman–Crippen LogP) is 1.70. The number of nitro benzene ring substituents is 1. The fraction of sp³-hybridized carbons (Fsp3) is 0.533. The van der Waals surface area contributed by atoms with Gasteiger partial charge in [-0.15, -0.1) is 0 Å². The van der Waals surface area contributed by atoms with E-state index in [1.165, 1.54) is 6.07 Å². The average Bonchev–Trinajstić information content (AvgIpc) is 3.01. The summed E-state index contributed by atoms with van der Waals surface area (Å²) in [6.07, 6.45) is 0. The lowest BCUT2D eigenvalue weighted by molar-refractivity contribution is -0.384. The van der Waals surface area contributed by atoms with Gasteiger partial charge in [-0.2, -0.15) is 0 Å². The van der Waals surface area contributed by atoms with E-state index in [2.05, 4.69) is 16.8 Å². The number of benzene rings is 1. The average molecular weight is 336 g/mol. The maximum Gasteiger partial charge on any atom is 0.292 e. The SMILES string of the molecule is CC1CN=C(N2CCN(c3cc(CO)ccc3[N+](=O)[O-])CC2)S1. The van der Waals surface area contributed by atoms with Crippen molar-refractivity contribution in [3.63, 3.8) is 0 Å². The Bertz CT molecular complexity index is 629. The summed E-state index contributed by atoms with van der Waals surface area (Å²) in [5.41, 5.74) is 1.38. The molecule has 8 heteroatoms. The number of aliphatic imine (C=N–C) groups is 1. The minimum absolute atomic E-state index is 0.0943. The Balaban J connectivity index is 1.73. The Morgan fingerprint density at radius 1 is 1.35 bits per heavy atom. The second-order valence-electron chi connectivity index (χ2n) is 5.76. The van der Waals surface area contributed by atoms with Crippen LogP contribution < -0.4 is 4.90 Å². The molecule has 2 heterocycles. The van der Waals surface area contributed by atoms with Crippen LogP contribution in [0, 0.1) is 10.1 Å². The molecule has 0 saturated carbocycles. The molecule has 1 aromatic rings. The zero-order valence-electron chi connectivity index (χ0n) is 13.0. The molecule has 0 spiro atoms. The highest BCUT2D eigenvalue weighted by molar-refractivity contribution is 8.14. The van der Waals surface area contributed by atoms with Gasteiger partial charge in [0.2, 0.25) is 0 Å². The third-order valence-electron chi connectivity index (χ3n) is 4.10. The van der Waals surface area contributed by atoms with Crippen molar-refractivity contribution < 1.29 is 10.0 Å². The number of thioether (sulfide) groups is 1. The van der Waals surface area contributed by atoms with Crippen LogP contribution in [0.4, 0.5) is 11.4 Å². The lowest BCUT2D eigenvalue weighted by Crippen LogP contribution is -2.48. The first kappa shape index (κ1) is 16.1. The summed E-state index contributed by atoms with van der Waals surface area (Å²) in [6.45, 7) is 5.95. The summed E-state index contributed by atoms with van der Waals surface area (Å²) in [4.78, 5) is 19.7. The molecule has 1 N–H and O–H groups in total. The fourth-order valence-electron chi connectivity index (χ4n) is 2.85. The molecule has 0 amide bonds. The highest BCUT2D eigenvalue weighted by Crippen LogP contribution is 2.31. The van der Waals surface area contributed by atoms with Crippen molar-refractivity contribution in [3.8, 4) is 0 Å². The maximum atomic E-state index is 11.3. The molecular formula is C15H20N4O3S. The van der Waals surface area contributed by atoms with E-state index in [0.717, 1.165) is 24.8 Å². The standard InChI is InChI=1S/C15H20N4O3S/c1-11-9-16-15(23-11)18-6-4-17(5-7-18)14-8-12(10-20)2-3-13(14)19(21)22/h2-3,8,11,20H,4-7,9-10H2,1H3.